The first-order valence-electron chi connectivity index (χ1n) is 11.4. The molecule has 168 valence electrons. The fraction of sp³-hybridized carbons (Fsp3) is 0.560. The summed E-state index contributed by atoms with van der Waals surface area (Å²) in [7, 11) is 1.86. The molecule has 1 aromatic heterocycles. The number of aryl methyl sites for hydroxylation is 1. The van der Waals surface area contributed by atoms with Crippen molar-refractivity contribution in [2.45, 2.75) is 65.3 Å². The molecule has 2 amide bonds. The summed E-state index contributed by atoms with van der Waals surface area (Å²) in [6.45, 7) is 7.17. The summed E-state index contributed by atoms with van der Waals surface area (Å²) in [5.74, 6) is 0.155. The summed E-state index contributed by atoms with van der Waals surface area (Å²) in [5.41, 5.74) is 2.79. The average Bonchev–Trinajstić information content (AvgIpc) is 3.42. The van der Waals surface area contributed by atoms with E-state index in [4.69, 9.17) is 0 Å². The molecule has 2 aromatic rings. The van der Waals surface area contributed by atoms with E-state index in [1.807, 2.05) is 50.9 Å². The van der Waals surface area contributed by atoms with Gasteiger partial charge in [0.25, 0.3) is 0 Å². The molecule has 1 saturated heterocycles. The Kier molecular flexibility index (Phi) is 7.52. The third kappa shape index (κ3) is 5.96. The largest absolute Gasteiger partial charge is 0.344 e. The first kappa shape index (κ1) is 23.0. The Bertz CT molecular complexity index is 869. The molecule has 1 aromatic carbocycles. The molecule has 1 N–H and O–H groups in total. The van der Waals surface area contributed by atoms with Gasteiger partial charge in [0.1, 0.15) is 6.04 Å². The molecular weight excluding hydrogens is 388 g/mol. The lowest BCUT2D eigenvalue weighted by atomic mass is 9.94. The normalized spacial score (nSPS) is 16.5. The standard InChI is InChI=1S/C25H36N4O2/c1-25(2,3)24(31)29-17-11-15-22(29)23(30)28(4)16-10-6-9-14-20-18-21(27-26-20)19-12-7-5-8-13-19/h5,7-8,12-13,18,22H,6,9-11,14-17H2,1-4H3,(H,26,27). The van der Waals surface area contributed by atoms with Crippen LogP contribution in [0.4, 0.5) is 0 Å². The van der Waals surface area contributed by atoms with E-state index >= 15 is 0 Å². The maximum Gasteiger partial charge on any atom is 0.245 e. The van der Waals surface area contributed by atoms with Gasteiger partial charge in [-0.15, -0.1) is 0 Å². The van der Waals surface area contributed by atoms with Gasteiger partial charge in [-0.1, -0.05) is 57.5 Å². The highest BCUT2D eigenvalue weighted by atomic mass is 16.2. The van der Waals surface area contributed by atoms with Crippen LogP contribution in [0.5, 0.6) is 0 Å². The number of H-pyrrole nitrogens is 1. The van der Waals surface area contributed by atoms with Gasteiger partial charge in [-0.05, 0) is 38.2 Å². The third-order valence-corrected chi connectivity index (χ3v) is 5.96. The summed E-state index contributed by atoms with van der Waals surface area (Å²) in [5, 5.41) is 7.54. The van der Waals surface area contributed by atoms with Crippen molar-refractivity contribution >= 4 is 11.8 Å². The molecule has 31 heavy (non-hydrogen) atoms. The highest BCUT2D eigenvalue weighted by Crippen LogP contribution is 2.26. The number of benzene rings is 1. The van der Waals surface area contributed by atoms with Crippen molar-refractivity contribution in [1.82, 2.24) is 20.0 Å². The lowest BCUT2D eigenvalue weighted by Crippen LogP contribution is -2.49. The van der Waals surface area contributed by atoms with Crippen molar-refractivity contribution in [3.05, 3.63) is 42.1 Å². The predicted molar refractivity (Wildman–Crippen MR) is 123 cm³/mol. The Labute approximate surface area is 186 Å². The van der Waals surface area contributed by atoms with Gasteiger partial charge in [0, 0.05) is 36.8 Å². The first-order valence-corrected chi connectivity index (χ1v) is 11.4. The topological polar surface area (TPSA) is 69.3 Å². The van der Waals surface area contributed by atoms with Crippen LogP contribution < -0.4 is 0 Å². The van der Waals surface area contributed by atoms with E-state index in [2.05, 4.69) is 28.4 Å². The van der Waals surface area contributed by atoms with Gasteiger partial charge in [-0.2, -0.15) is 5.10 Å². The fourth-order valence-electron chi connectivity index (χ4n) is 4.15. The highest BCUT2D eigenvalue weighted by Gasteiger charge is 2.39. The SMILES string of the molecule is CN(CCCCCc1cc(-c2ccccc2)n[nH]1)C(=O)C1CCCN1C(=O)C(C)(C)C. The predicted octanol–water partition coefficient (Wildman–Crippen LogP) is 4.29. The lowest BCUT2D eigenvalue weighted by molar-refractivity contribution is -0.147. The number of nitrogens with zero attached hydrogens (tertiary/aromatic N) is 3. The van der Waals surface area contributed by atoms with Crippen molar-refractivity contribution in [2.75, 3.05) is 20.1 Å². The molecule has 2 heterocycles. The van der Waals surface area contributed by atoms with E-state index in [1.54, 1.807) is 4.90 Å². The zero-order chi connectivity index (χ0) is 22.4. The van der Waals surface area contributed by atoms with Crippen LogP contribution >= 0.6 is 0 Å². The van der Waals surface area contributed by atoms with Crippen LogP contribution in [0.1, 0.15) is 58.6 Å². The quantitative estimate of drug-likeness (QED) is 0.643. The number of aromatic nitrogens is 2. The van der Waals surface area contributed by atoms with Gasteiger partial charge in [0.15, 0.2) is 0 Å². The molecule has 6 nitrogen and oxygen atoms in total. The zero-order valence-corrected chi connectivity index (χ0v) is 19.4. The molecule has 1 atom stereocenters. The second-order valence-corrected chi connectivity index (χ2v) is 9.62. The van der Waals surface area contributed by atoms with Crippen LogP contribution in [0.15, 0.2) is 36.4 Å². The number of hydrogen-bond donors (Lipinski definition) is 1. The Hall–Kier alpha value is -2.63. The number of likely N-dealkylation sites (tertiary alicyclic amines) is 1. The van der Waals surface area contributed by atoms with Gasteiger partial charge in [-0.25, -0.2) is 0 Å². The van der Waals surface area contributed by atoms with E-state index in [9.17, 15) is 9.59 Å². The maximum atomic E-state index is 12.9. The third-order valence-electron chi connectivity index (χ3n) is 5.96. The Morgan fingerprint density at radius 2 is 1.90 bits per heavy atom. The number of nitrogens with one attached hydrogen (secondary N) is 1. The van der Waals surface area contributed by atoms with Crippen LogP contribution in [-0.4, -0.2) is 58.0 Å². The number of likely N-dealkylation sites (N-methyl/N-ethyl adjacent to an activating group) is 1. The van der Waals surface area contributed by atoms with E-state index in [1.165, 1.54) is 0 Å². The summed E-state index contributed by atoms with van der Waals surface area (Å²) in [6.07, 6.45) is 5.69. The highest BCUT2D eigenvalue weighted by molar-refractivity contribution is 5.90. The summed E-state index contributed by atoms with van der Waals surface area (Å²) in [4.78, 5) is 29.2. The number of carbonyl (C=O) groups is 2. The van der Waals surface area contributed by atoms with Crippen molar-refractivity contribution in [2.24, 2.45) is 5.41 Å². The van der Waals surface area contributed by atoms with Gasteiger partial charge in [0.2, 0.25) is 11.8 Å². The Balaban J connectivity index is 1.40. The minimum Gasteiger partial charge on any atom is -0.344 e. The fourth-order valence-corrected chi connectivity index (χ4v) is 4.15. The van der Waals surface area contributed by atoms with Crippen molar-refractivity contribution in [3.63, 3.8) is 0 Å². The molecule has 0 bridgehead atoms. The molecule has 1 fully saturated rings. The van der Waals surface area contributed by atoms with Crippen molar-refractivity contribution in [3.8, 4) is 11.3 Å². The zero-order valence-electron chi connectivity index (χ0n) is 19.4. The van der Waals surface area contributed by atoms with E-state index in [0.29, 0.717) is 6.54 Å². The Morgan fingerprint density at radius 3 is 2.61 bits per heavy atom. The van der Waals surface area contributed by atoms with Gasteiger partial charge < -0.3 is 9.80 Å². The minimum absolute atomic E-state index is 0.0752. The van der Waals surface area contributed by atoms with Crippen LogP contribution in [0.3, 0.4) is 0 Å². The van der Waals surface area contributed by atoms with Gasteiger partial charge >= 0.3 is 0 Å². The molecule has 0 spiro atoms. The molecule has 6 heteroatoms. The number of hydrogen-bond acceptors (Lipinski definition) is 3. The maximum absolute atomic E-state index is 12.9. The second-order valence-electron chi connectivity index (χ2n) is 9.62. The Morgan fingerprint density at radius 1 is 1.16 bits per heavy atom. The first-order chi connectivity index (χ1) is 14.8. The smallest absolute Gasteiger partial charge is 0.245 e. The molecule has 0 aliphatic carbocycles. The number of aromatic amines is 1. The molecule has 3 rings (SSSR count). The van der Waals surface area contributed by atoms with E-state index in [-0.39, 0.29) is 17.9 Å². The summed E-state index contributed by atoms with van der Waals surface area (Å²) >= 11 is 0. The number of carbonyl (C=O) groups excluding carboxylic acids is 2. The number of amides is 2. The van der Waals surface area contributed by atoms with E-state index < -0.39 is 5.41 Å². The monoisotopic (exact) mass is 424 g/mol. The van der Waals surface area contributed by atoms with Crippen LogP contribution in [0.2, 0.25) is 0 Å². The lowest BCUT2D eigenvalue weighted by Gasteiger charge is -2.32. The molecule has 1 unspecified atom stereocenters. The van der Waals surface area contributed by atoms with Gasteiger partial charge in [-0.3, -0.25) is 14.7 Å². The van der Waals surface area contributed by atoms with Crippen LogP contribution in [0, 0.1) is 5.41 Å². The summed E-state index contributed by atoms with van der Waals surface area (Å²) in [6, 6.07) is 12.0. The minimum atomic E-state index is -0.450. The number of rotatable bonds is 8. The molecule has 0 radical (unpaired) electrons. The molecule has 0 saturated carbocycles. The van der Waals surface area contributed by atoms with Crippen LogP contribution in [0.25, 0.3) is 11.3 Å². The molecular formula is C25H36N4O2. The van der Waals surface area contributed by atoms with Crippen molar-refractivity contribution in [1.29, 1.82) is 0 Å². The van der Waals surface area contributed by atoms with Gasteiger partial charge in [0.05, 0.1) is 5.69 Å². The second kappa shape index (κ2) is 10.1. The number of unbranched alkanes of at least 4 members (excludes halogenated alkanes) is 2. The van der Waals surface area contributed by atoms with Crippen LogP contribution in [-0.2, 0) is 16.0 Å². The van der Waals surface area contributed by atoms with Crippen molar-refractivity contribution < 1.29 is 9.59 Å². The average molecular weight is 425 g/mol. The molecule has 1 aliphatic rings. The molecule has 1 aliphatic heterocycles. The van der Waals surface area contributed by atoms with E-state index in [0.717, 1.165) is 62.0 Å². The summed E-state index contributed by atoms with van der Waals surface area (Å²) < 4.78 is 0.